The molecule has 11 heavy (non-hydrogen) atoms. The average Bonchev–Trinajstić information content (AvgIpc) is 2.01. The minimum absolute atomic E-state index is 0.0274. The van der Waals surface area contributed by atoms with Crippen LogP contribution >= 0.6 is 0 Å². The van der Waals surface area contributed by atoms with Gasteiger partial charge in [0.25, 0.3) is 0 Å². The number of hydrogen-bond acceptors (Lipinski definition) is 2. The minimum Gasteiger partial charge on any atom is -0.358 e. The summed E-state index contributed by atoms with van der Waals surface area (Å²) in [7, 11) is 1.62. The Kier molecular flexibility index (Phi) is 5.43. The molecule has 0 heterocycles. The van der Waals surface area contributed by atoms with Crippen LogP contribution in [0, 0.1) is 0 Å². The van der Waals surface area contributed by atoms with E-state index in [-0.39, 0.29) is 12.5 Å². The van der Waals surface area contributed by atoms with Crippen molar-refractivity contribution < 1.29 is 4.79 Å². The van der Waals surface area contributed by atoms with Crippen molar-refractivity contribution in [3.8, 4) is 0 Å². The number of carbonyl (C=O) groups is 1. The van der Waals surface area contributed by atoms with E-state index in [1.54, 1.807) is 7.05 Å². The molecule has 3 nitrogen and oxygen atoms in total. The highest BCUT2D eigenvalue weighted by Crippen LogP contribution is 1.90. The molecule has 0 saturated heterocycles. The molecule has 3 heteroatoms. The van der Waals surface area contributed by atoms with Gasteiger partial charge in [-0.25, -0.2) is 0 Å². The minimum atomic E-state index is -0.0274. The number of rotatable bonds is 4. The average molecular weight is 156 g/mol. The molecule has 64 valence electrons. The number of nitrogens with one attached hydrogen (secondary N) is 1. The van der Waals surface area contributed by atoms with E-state index in [4.69, 9.17) is 0 Å². The van der Waals surface area contributed by atoms with Crippen LogP contribution in [-0.4, -0.2) is 25.2 Å². The molecule has 0 aliphatic heterocycles. The largest absolute Gasteiger partial charge is 0.358 e. The van der Waals surface area contributed by atoms with Crippen LogP contribution in [0.2, 0.25) is 0 Å². The fraction of sp³-hybridized carbons (Fsp3) is 0.750. The number of nitrogens with zero attached hydrogens (tertiary/aromatic N) is 1. The molecule has 0 unspecified atom stereocenters. The van der Waals surface area contributed by atoms with Crippen molar-refractivity contribution in [2.45, 2.75) is 26.7 Å². The zero-order valence-corrected chi connectivity index (χ0v) is 7.48. The summed E-state index contributed by atoms with van der Waals surface area (Å²) in [5.41, 5.74) is 1.05. The molecule has 1 N–H and O–H groups in total. The van der Waals surface area contributed by atoms with E-state index in [1.165, 1.54) is 0 Å². The lowest BCUT2D eigenvalue weighted by Crippen LogP contribution is -2.21. The molecule has 0 spiro atoms. The molecule has 0 fully saturated rings. The Hall–Kier alpha value is -0.860. The van der Waals surface area contributed by atoms with Crippen LogP contribution in [0.5, 0.6) is 0 Å². The molecule has 0 saturated carbocycles. The van der Waals surface area contributed by atoms with E-state index >= 15 is 0 Å². The summed E-state index contributed by atoms with van der Waals surface area (Å²) in [6.45, 7) is 4.31. The monoisotopic (exact) mass is 156 g/mol. The number of hydrogen-bond donors (Lipinski definition) is 1. The highest BCUT2D eigenvalue weighted by atomic mass is 16.1. The predicted octanol–water partition coefficient (Wildman–Crippen LogP) is 0.993. The van der Waals surface area contributed by atoms with Gasteiger partial charge in [0.2, 0.25) is 5.91 Å². The highest BCUT2D eigenvalue weighted by Gasteiger charge is 1.94. The molecule has 0 aromatic carbocycles. The van der Waals surface area contributed by atoms with Gasteiger partial charge >= 0.3 is 0 Å². The maximum atomic E-state index is 10.7. The van der Waals surface area contributed by atoms with E-state index in [2.05, 4.69) is 17.2 Å². The van der Waals surface area contributed by atoms with Crippen LogP contribution in [0.4, 0.5) is 0 Å². The van der Waals surface area contributed by atoms with Crippen molar-refractivity contribution >= 4 is 11.6 Å². The van der Waals surface area contributed by atoms with Crippen molar-refractivity contribution in [1.29, 1.82) is 0 Å². The lowest BCUT2D eigenvalue weighted by molar-refractivity contribution is -0.119. The second-order valence-electron chi connectivity index (χ2n) is 2.47. The first-order valence-electron chi connectivity index (χ1n) is 3.91. The summed E-state index contributed by atoms with van der Waals surface area (Å²) >= 11 is 0. The Bertz CT molecular complexity index is 152. The lowest BCUT2D eigenvalue weighted by atomic mass is 10.2. The Morgan fingerprint density at radius 3 is 2.64 bits per heavy atom. The summed E-state index contributed by atoms with van der Waals surface area (Å²) in [6.07, 6.45) is 2.07. The molecular weight excluding hydrogens is 140 g/mol. The number of aliphatic imine (C=N–C) groups is 1. The highest BCUT2D eigenvalue weighted by molar-refractivity contribution is 5.85. The summed E-state index contributed by atoms with van der Waals surface area (Å²) in [5.74, 6) is -0.0274. The molecule has 1 amide bonds. The number of amides is 1. The molecule has 0 atom stereocenters. The molecule has 0 bridgehead atoms. The van der Waals surface area contributed by atoms with Crippen LogP contribution in [0.3, 0.4) is 0 Å². The van der Waals surface area contributed by atoms with E-state index in [9.17, 15) is 4.79 Å². The van der Waals surface area contributed by atoms with E-state index in [0.29, 0.717) is 0 Å². The zero-order valence-electron chi connectivity index (χ0n) is 7.48. The zero-order chi connectivity index (χ0) is 8.69. The first-order chi connectivity index (χ1) is 5.20. The van der Waals surface area contributed by atoms with Crippen molar-refractivity contribution in [2.75, 3.05) is 13.6 Å². The Morgan fingerprint density at radius 1 is 1.55 bits per heavy atom. The first-order valence-corrected chi connectivity index (χ1v) is 3.91. The van der Waals surface area contributed by atoms with Gasteiger partial charge in [-0.2, -0.15) is 0 Å². The maximum absolute atomic E-state index is 10.7. The van der Waals surface area contributed by atoms with Gasteiger partial charge in [-0.15, -0.1) is 0 Å². The van der Waals surface area contributed by atoms with Gasteiger partial charge in [-0.1, -0.05) is 13.3 Å². The lowest BCUT2D eigenvalue weighted by Gasteiger charge is -1.97. The van der Waals surface area contributed by atoms with Gasteiger partial charge in [0, 0.05) is 12.8 Å². The quantitative estimate of drug-likeness (QED) is 0.606. The number of carbonyl (C=O) groups excluding carboxylic acids is 1. The Balaban J connectivity index is 3.63. The summed E-state index contributed by atoms with van der Waals surface area (Å²) in [6, 6.07) is 0. The molecule has 0 aliphatic carbocycles. The third-order valence-electron chi connectivity index (χ3n) is 1.38. The molecular formula is C8H16N2O. The maximum Gasteiger partial charge on any atom is 0.241 e. The molecule has 0 radical (unpaired) electrons. The third kappa shape index (κ3) is 5.58. The Labute approximate surface area is 67.9 Å². The van der Waals surface area contributed by atoms with Crippen molar-refractivity contribution in [2.24, 2.45) is 4.99 Å². The predicted molar refractivity (Wildman–Crippen MR) is 47.0 cm³/mol. The second-order valence-corrected chi connectivity index (χ2v) is 2.47. The van der Waals surface area contributed by atoms with Gasteiger partial charge in [0.15, 0.2) is 0 Å². The SMILES string of the molecule is CCCC(C)=NCC(=O)NC. The number of likely N-dealkylation sites (N-methyl/N-ethyl adjacent to an activating group) is 1. The molecule has 0 rings (SSSR count). The Morgan fingerprint density at radius 2 is 2.18 bits per heavy atom. The summed E-state index contributed by atoms with van der Waals surface area (Å²) in [4.78, 5) is 14.8. The first kappa shape index (κ1) is 10.1. The summed E-state index contributed by atoms with van der Waals surface area (Å²) in [5, 5.41) is 2.52. The topological polar surface area (TPSA) is 41.5 Å². The van der Waals surface area contributed by atoms with Gasteiger partial charge in [-0.05, 0) is 13.3 Å². The van der Waals surface area contributed by atoms with E-state index in [1.807, 2.05) is 6.92 Å². The van der Waals surface area contributed by atoms with E-state index in [0.717, 1.165) is 18.6 Å². The fourth-order valence-corrected chi connectivity index (χ4v) is 0.727. The van der Waals surface area contributed by atoms with Crippen LogP contribution < -0.4 is 5.32 Å². The van der Waals surface area contributed by atoms with Crippen LogP contribution in [0.1, 0.15) is 26.7 Å². The fourth-order valence-electron chi connectivity index (χ4n) is 0.727. The van der Waals surface area contributed by atoms with Gasteiger partial charge in [0.1, 0.15) is 6.54 Å². The van der Waals surface area contributed by atoms with Gasteiger partial charge < -0.3 is 5.32 Å². The standard InChI is InChI=1S/C8H16N2O/c1-4-5-7(2)10-6-8(11)9-3/h4-6H2,1-3H3,(H,9,11). The molecule has 0 aromatic heterocycles. The third-order valence-corrected chi connectivity index (χ3v) is 1.38. The van der Waals surface area contributed by atoms with Crippen LogP contribution in [-0.2, 0) is 4.79 Å². The van der Waals surface area contributed by atoms with Gasteiger partial charge in [-0.3, -0.25) is 9.79 Å². The summed E-state index contributed by atoms with van der Waals surface area (Å²) < 4.78 is 0. The van der Waals surface area contributed by atoms with Crippen molar-refractivity contribution in [1.82, 2.24) is 5.32 Å². The van der Waals surface area contributed by atoms with Crippen molar-refractivity contribution in [3.05, 3.63) is 0 Å². The van der Waals surface area contributed by atoms with Crippen LogP contribution in [0.25, 0.3) is 0 Å². The van der Waals surface area contributed by atoms with Gasteiger partial charge in [0.05, 0.1) is 0 Å². The smallest absolute Gasteiger partial charge is 0.241 e. The normalized spacial score (nSPS) is 11.4. The van der Waals surface area contributed by atoms with Crippen molar-refractivity contribution in [3.63, 3.8) is 0 Å². The molecule has 0 aromatic rings. The van der Waals surface area contributed by atoms with Crippen LogP contribution in [0.15, 0.2) is 4.99 Å². The van der Waals surface area contributed by atoms with E-state index < -0.39 is 0 Å². The molecule has 0 aliphatic rings. The second kappa shape index (κ2) is 5.89.